The van der Waals surface area contributed by atoms with Crippen molar-refractivity contribution in [3.8, 4) is 0 Å². The molecule has 4 nitrogen and oxygen atoms in total. The first kappa shape index (κ1) is 10.6. The van der Waals surface area contributed by atoms with E-state index in [0.29, 0.717) is 5.92 Å². The summed E-state index contributed by atoms with van der Waals surface area (Å²) < 4.78 is 0. The molecule has 0 aromatic rings. The van der Waals surface area contributed by atoms with Gasteiger partial charge in [0.15, 0.2) is 0 Å². The van der Waals surface area contributed by atoms with Gasteiger partial charge in [0.1, 0.15) is 0 Å². The fraction of sp³-hybridized carbons (Fsp3) is 1.00. The maximum atomic E-state index is 8.13. The molecular formula is C6H13ClN4. The lowest BCUT2D eigenvalue weighted by atomic mass is 10.0. The third-order valence-corrected chi connectivity index (χ3v) is 2.01. The van der Waals surface area contributed by atoms with Gasteiger partial charge in [-0.3, -0.25) is 0 Å². The van der Waals surface area contributed by atoms with Crippen LogP contribution in [0.3, 0.4) is 0 Å². The summed E-state index contributed by atoms with van der Waals surface area (Å²) in [6.45, 7) is 4.04. The van der Waals surface area contributed by atoms with Crippen molar-refractivity contribution in [2.45, 2.75) is 19.4 Å². The van der Waals surface area contributed by atoms with E-state index in [1.165, 1.54) is 0 Å². The van der Waals surface area contributed by atoms with Gasteiger partial charge in [-0.1, -0.05) is 12.0 Å². The van der Waals surface area contributed by atoms with E-state index in [4.69, 9.17) is 5.53 Å². The molecule has 0 radical (unpaired) electrons. The van der Waals surface area contributed by atoms with Crippen molar-refractivity contribution in [2.24, 2.45) is 11.0 Å². The molecule has 64 valence electrons. The minimum atomic E-state index is 0. The summed E-state index contributed by atoms with van der Waals surface area (Å²) in [6.07, 6.45) is 1.14. The lowest BCUT2D eigenvalue weighted by Crippen LogP contribution is -2.17. The van der Waals surface area contributed by atoms with Gasteiger partial charge in [-0.2, -0.15) is 0 Å². The molecule has 0 bridgehead atoms. The Hall–Kier alpha value is -0.440. The molecule has 5 heteroatoms. The van der Waals surface area contributed by atoms with E-state index in [-0.39, 0.29) is 18.4 Å². The summed E-state index contributed by atoms with van der Waals surface area (Å²) in [7, 11) is 0. The van der Waals surface area contributed by atoms with Crippen molar-refractivity contribution in [2.75, 3.05) is 13.1 Å². The Kier molecular flexibility index (Phi) is 5.03. The average Bonchev–Trinajstić information content (AvgIpc) is 2.38. The third kappa shape index (κ3) is 2.97. The fourth-order valence-electron chi connectivity index (χ4n) is 1.26. The van der Waals surface area contributed by atoms with Crippen LogP contribution in [0.2, 0.25) is 0 Å². The zero-order valence-corrected chi connectivity index (χ0v) is 7.34. The van der Waals surface area contributed by atoms with Gasteiger partial charge in [-0.25, -0.2) is 0 Å². The fourth-order valence-corrected chi connectivity index (χ4v) is 1.26. The Labute approximate surface area is 72.4 Å². The number of nitrogens with zero attached hydrogens (tertiary/aromatic N) is 3. The minimum Gasteiger partial charge on any atom is -0.316 e. The second-order valence-corrected chi connectivity index (χ2v) is 2.70. The highest BCUT2D eigenvalue weighted by molar-refractivity contribution is 5.85. The van der Waals surface area contributed by atoms with Gasteiger partial charge in [-0.05, 0) is 31.0 Å². The Morgan fingerprint density at radius 2 is 2.45 bits per heavy atom. The van der Waals surface area contributed by atoms with Crippen LogP contribution in [0.15, 0.2) is 5.11 Å². The predicted molar refractivity (Wildman–Crippen MR) is 46.8 cm³/mol. The average molecular weight is 177 g/mol. The van der Waals surface area contributed by atoms with Crippen LogP contribution in [0.1, 0.15) is 13.3 Å². The molecule has 1 heterocycles. The van der Waals surface area contributed by atoms with Gasteiger partial charge in [0, 0.05) is 11.0 Å². The molecule has 1 aliphatic rings. The predicted octanol–water partition coefficient (Wildman–Crippen LogP) is 1.72. The van der Waals surface area contributed by atoms with Crippen LogP contribution in [0.4, 0.5) is 0 Å². The van der Waals surface area contributed by atoms with Crippen LogP contribution >= 0.6 is 12.4 Å². The number of hydrogen-bond donors (Lipinski definition) is 1. The quantitative estimate of drug-likeness (QED) is 0.389. The zero-order chi connectivity index (χ0) is 7.40. The van der Waals surface area contributed by atoms with Gasteiger partial charge in [0.05, 0.1) is 0 Å². The Morgan fingerprint density at radius 3 is 2.91 bits per heavy atom. The van der Waals surface area contributed by atoms with Crippen molar-refractivity contribution in [3.63, 3.8) is 0 Å². The lowest BCUT2D eigenvalue weighted by molar-refractivity contribution is 0.482. The van der Waals surface area contributed by atoms with E-state index >= 15 is 0 Å². The summed E-state index contributed by atoms with van der Waals surface area (Å²) in [6, 6.07) is 0.153. The zero-order valence-electron chi connectivity index (χ0n) is 6.53. The largest absolute Gasteiger partial charge is 0.316 e. The van der Waals surface area contributed by atoms with Gasteiger partial charge in [0.25, 0.3) is 0 Å². The Bertz CT molecular complexity index is 149. The maximum absolute atomic E-state index is 8.13. The van der Waals surface area contributed by atoms with Crippen molar-refractivity contribution >= 4 is 12.4 Å². The topological polar surface area (TPSA) is 60.8 Å². The van der Waals surface area contributed by atoms with E-state index in [0.717, 1.165) is 19.5 Å². The standard InChI is InChI=1S/C6H12N4.ClH/c1-5(9-10-7)6-2-3-8-4-6;/h5-6,8H,2-4H2,1H3;1H/t5-,6?;/m1./s1. The molecule has 2 atom stereocenters. The van der Waals surface area contributed by atoms with E-state index in [1.54, 1.807) is 0 Å². The van der Waals surface area contributed by atoms with Crippen molar-refractivity contribution in [3.05, 3.63) is 10.4 Å². The van der Waals surface area contributed by atoms with Gasteiger partial charge < -0.3 is 5.32 Å². The number of nitrogens with one attached hydrogen (secondary N) is 1. The first-order valence-corrected chi connectivity index (χ1v) is 3.59. The number of azide groups is 1. The first-order chi connectivity index (χ1) is 4.84. The maximum Gasteiger partial charge on any atom is 0.0386 e. The highest BCUT2D eigenvalue weighted by Crippen LogP contribution is 2.14. The number of rotatable bonds is 2. The summed E-state index contributed by atoms with van der Waals surface area (Å²) in [5.41, 5.74) is 8.13. The number of hydrogen-bond acceptors (Lipinski definition) is 2. The van der Waals surface area contributed by atoms with E-state index in [2.05, 4.69) is 15.3 Å². The highest BCUT2D eigenvalue weighted by atomic mass is 35.5. The summed E-state index contributed by atoms with van der Waals surface area (Å²) >= 11 is 0. The molecule has 1 fully saturated rings. The van der Waals surface area contributed by atoms with Crippen LogP contribution in [0.5, 0.6) is 0 Å². The van der Waals surface area contributed by atoms with Crippen LogP contribution in [-0.2, 0) is 0 Å². The van der Waals surface area contributed by atoms with Crippen LogP contribution in [-0.4, -0.2) is 19.1 Å². The van der Waals surface area contributed by atoms with Crippen molar-refractivity contribution in [1.29, 1.82) is 0 Å². The molecule has 0 amide bonds. The monoisotopic (exact) mass is 176 g/mol. The van der Waals surface area contributed by atoms with E-state index in [9.17, 15) is 0 Å². The molecular weight excluding hydrogens is 164 g/mol. The molecule has 0 aromatic carbocycles. The summed E-state index contributed by atoms with van der Waals surface area (Å²) in [5, 5.41) is 6.88. The SMILES string of the molecule is C[C@@H](N=[N+]=[N-])C1CCNC1.Cl. The number of halogens is 1. The van der Waals surface area contributed by atoms with E-state index in [1.807, 2.05) is 6.92 Å². The van der Waals surface area contributed by atoms with Gasteiger partial charge >= 0.3 is 0 Å². The molecule has 0 aliphatic carbocycles. The highest BCUT2D eigenvalue weighted by Gasteiger charge is 2.19. The first-order valence-electron chi connectivity index (χ1n) is 3.59. The van der Waals surface area contributed by atoms with Crippen molar-refractivity contribution < 1.29 is 0 Å². The van der Waals surface area contributed by atoms with Crippen LogP contribution < -0.4 is 5.32 Å². The smallest absolute Gasteiger partial charge is 0.0386 e. The van der Waals surface area contributed by atoms with Crippen LogP contribution in [0, 0.1) is 5.92 Å². The Morgan fingerprint density at radius 1 is 1.73 bits per heavy atom. The second kappa shape index (κ2) is 5.24. The van der Waals surface area contributed by atoms with Gasteiger partial charge in [-0.15, -0.1) is 12.4 Å². The summed E-state index contributed by atoms with van der Waals surface area (Å²) in [5.74, 6) is 0.552. The molecule has 1 unspecified atom stereocenters. The molecule has 1 saturated heterocycles. The van der Waals surface area contributed by atoms with Gasteiger partial charge in [0.2, 0.25) is 0 Å². The third-order valence-electron chi connectivity index (χ3n) is 2.01. The Balaban J connectivity index is 0.000001000. The molecule has 0 saturated carbocycles. The lowest BCUT2D eigenvalue weighted by Gasteiger charge is -2.10. The molecule has 1 rings (SSSR count). The minimum absolute atomic E-state index is 0. The van der Waals surface area contributed by atoms with E-state index < -0.39 is 0 Å². The van der Waals surface area contributed by atoms with Crippen molar-refractivity contribution in [1.82, 2.24) is 5.32 Å². The second-order valence-electron chi connectivity index (χ2n) is 2.70. The molecule has 1 aliphatic heterocycles. The normalized spacial score (nSPS) is 25.0. The molecule has 11 heavy (non-hydrogen) atoms. The molecule has 0 aromatic heterocycles. The molecule has 0 spiro atoms. The molecule has 1 N–H and O–H groups in total. The van der Waals surface area contributed by atoms with Crippen LogP contribution in [0.25, 0.3) is 10.4 Å². The summed E-state index contributed by atoms with van der Waals surface area (Å²) in [4.78, 5) is 2.78.